The molecule has 1 heterocycles. The predicted octanol–water partition coefficient (Wildman–Crippen LogP) is 1.48. The van der Waals surface area contributed by atoms with Gasteiger partial charge in [-0.25, -0.2) is 4.79 Å². The lowest BCUT2D eigenvalue weighted by Gasteiger charge is -2.37. The molecule has 2 rings (SSSR count). The molecule has 0 unspecified atom stereocenters. The summed E-state index contributed by atoms with van der Waals surface area (Å²) in [5, 5.41) is 0.638. The number of rotatable bonds is 2. The third-order valence-corrected chi connectivity index (χ3v) is 2.49. The molecule has 4 nitrogen and oxygen atoms in total. The van der Waals surface area contributed by atoms with Gasteiger partial charge in [0.2, 0.25) is 0 Å². The van der Waals surface area contributed by atoms with E-state index in [2.05, 4.69) is 0 Å². The molecule has 1 aromatic carbocycles. The Morgan fingerprint density at radius 1 is 1.53 bits per heavy atom. The van der Waals surface area contributed by atoms with Gasteiger partial charge in [-0.1, -0.05) is 17.7 Å². The largest absolute Gasteiger partial charge is 0.487 e. The van der Waals surface area contributed by atoms with Gasteiger partial charge in [-0.05, 0) is 18.2 Å². The molecule has 0 aliphatic carbocycles. The van der Waals surface area contributed by atoms with Gasteiger partial charge in [0, 0.05) is 5.02 Å². The minimum atomic E-state index is -0.402. The van der Waals surface area contributed by atoms with Crippen LogP contribution in [-0.2, 0) is 0 Å². The van der Waals surface area contributed by atoms with Crippen molar-refractivity contribution in [2.24, 2.45) is 5.73 Å². The van der Waals surface area contributed by atoms with Crippen LogP contribution >= 0.6 is 11.6 Å². The second kappa shape index (κ2) is 3.98. The molecule has 0 aromatic heterocycles. The van der Waals surface area contributed by atoms with Crippen molar-refractivity contribution < 1.29 is 9.53 Å². The van der Waals surface area contributed by atoms with E-state index in [1.54, 1.807) is 12.1 Å². The normalized spacial score (nSPS) is 15.9. The lowest BCUT2D eigenvalue weighted by molar-refractivity contribution is 0.0477. The first-order valence-electron chi connectivity index (χ1n) is 4.62. The fourth-order valence-electron chi connectivity index (χ4n) is 1.43. The summed E-state index contributed by atoms with van der Waals surface area (Å²) in [6.45, 7) is 1.09. The molecule has 80 valence electrons. The van der Waals surface area contributed by atoms with Crippen molar-refractivity contribution in [2.75, 3.05) is 13.1 Å². The van der Waals surface area contributed by atoms with Gasteiger partial charge < -0.3 is 15.4 Å². The van der Waals surface area contributed by atoms with Crippen LogP contribution < -0.4 is 10.5 Å². The lowest BCUT2D eigenvalue weighted by atomic mass is 10.2. The number of carbonyl (C=O) groups excluding carboxylic acids is 1. The summed E-state index contributed by atoms with van der Waals surface area (Å²) in [5.74, 6) is 0.719. The molecule has 15 heavy (non-hydrogen) atoms. The number of amides is 2. The average molecular weight is 227 g/mol. The van der Waals surface area contributed by atoms with Crippen molar-refractivity contribution in [1.29, 1.82) is 0 Å². The summed E-state index contributed by atoms with van der Waals surface area (Å²) in [5.41, 5.74) is 5.09. The first-order valence-corrected chi connectivity index (χ1v) is 4.99. The molecule has 2 N–H and O–H groups in total. The number of primary amides is 1. The standard InChI is InChI=1S/C10H11ClN2O2/c11-7-2-1-3-8(4-7)15-9-5-13(6-9)10(12)14/h1-4,9H,5-6H2,(H2,12,14). The van der Waals surface area contributed by atoms with Crippen molar-refractivity contribution in [3.8, 4) is 5.75 Å². The lowest BCUT2D eigenvalue weighted by Crippen LogP contribution is -2.57. The Morgan fingerprint density at radius 3 is 2.87 bits per heavy atom. The quantitative estimate of drug-likeness (QED) is 0.831. The second-order valence-electron chi connectivity index (χ2n) is 3.44. The molecule has 0 atom stereocenters. The van der Waals surface area contributed by atoms with Crippen LogP contribution in [0.3, 0.4) is 0 Å². The number of nitrogens with two attached hydrogens (primary N) is 1. The molecule has 1 aromatic rings. The maximum absolute atomic E-state index is 10.7. The Hall–Kier alpha value is -1.42. The Kier molecular flexibility index (Phi) is 2.68. The zero-order chi connectivity index (χ0) is 10.8. The molecule has 1 fully saturated rings. The van der Waals surface area contributed by atoms with Crippen molar-refractivity contribution in [1.82, 2.24) is 4.90 Å². The van der Waals surface area contributed by atoms with Crippen LogP contribution in [0.1, 0.15) is 0 Å². The van der Waals surface area contributed by atoms with Gasteiger partial charge in [-0.15, -0.1) is 0 Å². The maximum atomic E-state index is 10.7. The number of hydrogen-bond acceptors (Lipinski definition) is 2. The van der Waals surface area contributed by atoms with Crippen molar-refractivity contribution >= 4 is 17.6 Å². The Labute approximate surface area is 92.6 Å². The van der Waals surface area contributed by atoms with Crippen LogP contribution in [-0.4, -0.2) is 30.1 Å². The highest BCUT2D eigenvalue weighted by Gasteiger charge is 2.30. The van der Waals surface area contributed by atoms with Crippen LogP contribution in [0.25, 0.3) is 0 Å². The Bertz CT molecular complexity index is 377. The van der Waals surface area contributed by atoms with Gasteiger partial charge in [-0.3, -0.25) is 0 Å². The minimum absolute atomic E-state index is 0.0240. The Balaban J connectivity index is 1.87. The van der Waals surface area contributed by atoms with Crippen LogP contribution in [0.15, 0.2) is 24.3 Å². The number of likely N-dealkylation sites (tertiary alicyclic amines) is 1. The molecule has 0 spiro atoms. The molecule has 1 aliphatic heterocycles. The smallest absolute Gasteiger partial charge is 0.315 e. The number of nitrogens with zero attached hydrogens (tertiary/aromatic N) is 1. The molecule has 0 saturated carbocycles. The minimum Gasteiger partial charge on any atom is -0.487 e. The van der Waals surface area contributed by atoms with Crippen LogP contribution in [0.2, 0.25) is 5.02 Å². The molecule has 5 heteroatoms. The van der Waals surface area contributed by atoms with E-state index in [4.69, 9.17) is 22.1 Å². The van der Waals surface area contributed by atoms with Crippen LogP contribution in [0, 0.1) is 0 Å². The second-order valence-corrected chi connectivity index (χ2v) is 3.88. The molecular weight excluding hydrogens is 216 g/mol. The van der Waals surface area contributed by atoms with Crippen molar-refractivity contribution in [3.05, 3.63) is 29.3 Å². The van der Waals surface area contributed by atoms with E-state index in [1.807, 2.05) is 12.1 Å². The monoisotopic (exact) mass is 226 g/mol. The summed E-state index contributed by atoms with van der Waals surface area (Å²) in [7, 11) is 0. The molecule has 0 radical (unpaired) electrons. The zero-order valence-corrected chi connectivity index (χ0v) is 8.78. The number of urea groups is 1. The number of hydrogen-bond donors (Lipinski definition) is 1. The molecule has 0 bridgehead atoms. The van der Waals surface area contributed by atoms with E-state index in [-0.39, 0.29) is 6.10 Å². The van der Waals surface area contributed by atoms with Gasteiger partial charge in [0.25, 0.3) is 0 Å². The third kappa shape index (κ3) is 2.33. The summed E-state index contributed by atoms with van der Waals surface area (Å²) in [4.78, 5) is 12.2. The topological polar surface area (TPSA) is 55.6 Å². The van der Waals surface area contributed by atoms with Crippen LogP contribution in [0.5, 0.6) is 5.75 Å². The number of halogens is 1. The molecular formula is C10H11ClN2O2. The maximum Gasteiger partial charge on any atom is 0.315 e. The van der Waals surface area contributed by atoms with E-state index in [9.17, 15) is 4.79 Å². The number of carbonyl (C=O) groups is 1. The molecule has 1 saturated heterocycles. The van der Waals surface area contributed by atoms with Gasteiger partial charge in [0.1, 0.15) is 11.9 Å². The van der Waals surface area contributed by atoms with Crippen LogP contribution in [0.4, 0.5) is 4.79 Å². The average Bonchev–Trinajstić information content (AvgIpc) is 2.10. The van der Waals surface area contributed by atoms with Gasteiger partial charge in [0.15, 0.2) is 0 Å². The van der Waals surface area contributed by atoms with Gasteiger partial charge in [0.05, 0.1) is 13.1 Å². The number of ether oxygens (including phenoxy) is 1. The molecule has 1 aliphatic rings. The first kappa shape index (κ1) is 10.1. The summed E-state index contributed by atoms with van der Waals surface area (Å²) in [6, 6.07) is 6.78. The fraction of sp³-hybridized carbons (Fsp3) is 0.300. The van der Waals surface area contributed by atoms with E-state index >= 15 is 0 Å². The van der Waals surface area contributed by atoms with E-state index in [0.717, 1.165) is 5.75 Å². The van der Waals surface area contributed by atoms with Gasteiger partial charge >= 0.3 is 6.03 Å². The summed E-state index contributed by atoms with van der Waals surface area (Å²) in [6.07, 6.45) is 0.0240. The molecule has 2 amide bonds. The highest BCUT2D eigenvalue weighted by Crippen LogP contribution is 2.21. The van der Waals surface area contributed by atoms with E-state index in [1.165, 1.54) is 4.90 Å². The highest BCUT2D eigenvalue weighted by atomic mass is 35.5. The summed E-state index contributed by atoms with van der Waals surface area (Å²) >= 11 is 5.80. The Morgan fingerprint density at radius 2 is 2.27 bits per heavy atom. The summed E-state index contributed by atoms with van der Waals surface area (Å²) < 4.78 is 5.58. The predicted molar refractivity (Wildman–Crippen MR) is 57.0 cm³/mol. The first-order chi connectivity index (χ1) is 7.15. The SMILES string of the molecule is NC(=O)N1CC(Oc2cccc(Cl)c2)C1. The van der Waals surface area contributed by atoms with E-state index < -0.39 is 6.03 Å². The van der Waals surface area contributed by atoms with Crippen molar-refractivity contribution in [3.63, 3.8) is 0 Å². The fourth-order valence-corrected chi connectivity index (χ4v) is 1.61. The van der Waals surface area contributed by atoms with Crippen molar-refractivity contribution in [2.45, 2.75) is 6.10 Å². The third-order valence-electron chi connectivity index (χ3n) is 2.26. The zero-order valence-electron chi connectivity index (χ0n) is 8.02. The van der Waals surface area contributed by atoms with Gasteiger partial charge in [-0.2, -0.15) is 0 Å². The number of benzene rings is 1. The van der Waals surface area contributed by atoms with E-state index in [0.29, 0.717) is 18.1 Å². The highest BCUT2D eigenvalue weighted by molar-refractivity contribution is 6.30.